The molecule has 1 atom stereocenters. The minimum absolute atomic E-state index is 0.142. The van der Waals surface area contributed by atoms with Crippen LogP contribution in [0.1, 0.15) is 43.0 Å². The second kappa shape index (κ2) is 9.84. The Kier molecular flexibility index (Phi) is 7.44. The Morgan fingerprint density at radius 3 is 2.48 bits per heavy atom. The Labute approximate surface area is 177 Å². The highest BCUT2D eigenvalue weighted by Crippen LogP contribution is 2.23. The molecule has 0 spiro atoms. The largest absolute Gasteiger partial charge is 0.376 e. The maximum absolute atomic E-state index is 12.7. The maximum atomic E-state index is 12.7. The van der Waals surface area contributed by atoms with Gasteiger partial charge in [-0.15, -0.1) is 0 Å². The van der Waals surface area contributed by atoms with E-state index in [-0.39, 0.29) is 11.0 Å². The van der Waals surface area contributed by atoms with Crippen molar-refractivity contribution in [2.75, 3.05) is 26.2 Å². The third-order valence-electron chi connectivity index (χ3n) is 5.30. The topological polar surface area (TPSA) is 99.8 Å². The normalized spacial score (nSPS) is 20.9. The fourth-order valence-corrected chi connectivity index (χ4v) is 5.00. The van der Waals surface area contributed by atoms with E-state index in [0.717, 1.165) is 32.3 Å². The monoisotopic (exact) mass is 440 g/mol. The summed E-state index contributed by atoms with van der Waals surface area (Å²) < 4.78 is 32.5. The molecule has 2 aliphatic rings. The number of piperidine rings is 1. The molecule has 8 nitrogen and oxygen atoms in total. The molecule has 0 radical (unpaired) electrons. The van der Waals surface area contributed by atoms with Crippen LogP contribution < -0.4 is 16.2 Å². The molecule has 10 heteroatoms. The zero-order valence-corrected chi connectivity index (χ0v) is 18.2. The van der Waals surface area contributed by atoms with Gasteiger partial charge in [0.15, 0.2) is 5.11 Å². The van der Waals surface area contributed by atoms with Crippen LogP contribution in [0.3, 0.4) is 0 Å². The van der Waals surface area contributed by atoms with E-state index in [1.165, 1.54) is 28.6 Å². The van der Waals surface area contributed by atoms with Crippen LogP contribution in [0.25, 0.3) is 0 Å². The van der Waals surface area contributed by atoms with Gasteiger partial charge in [-0.2, -0.15) is 4.31 Å². The van der Waals surface area contributed by atoms with Crippen molar-refractivity contribution >= 4 is 33.3 Å². The second-order valence-electron chi connectivity index (χ2n) is 7.54. The van der Waals surface area contributed by atoms with Crippen LogP contribution in [0.4, 0.5) is 0 Å². The summed E-state index contributed by atoms with van der Waals surface area (Å²) in [5.74, 6) is 0.147. The minimum atomic E-state index is -3.53. The van der Waals surface area contributed by atoms with Crippen molar-refractivity contribution in [3.63, 3.8) is 0 Å². The molecule has 1 aromatic rings. The SMILES string of the molecule is CC1CCN(S(=O)(=O)c2ccc(C(=O)NNC(=S)NC[C@@H]3CCCO3)cc2)CC1. The van der Waals surface area contributed by atoms with Gasteiger partial charge in [0.1, 0.15) is 0 Å². The summed E-state index contributed by atoms with van der Waals surface area (Å²) in [6, 6.07) is 5.94. The molecule has 1 amide bonds. The number of carbonyl (C=O) groups excluding carboxylic acids is 1. The smallest absolute Gasteiger partial charge is 0.269 e. The van der Waals surface area contributed by atoms with Gasteiger partial charge in [0, 0.05) is 31.8 Å². The first kappa shape index (κ1) is 21.9. The van der Waals surface area contributed by atoms with Crippen molar-refractivity contribution in [1.82, 2.24) is 20.5 Å². The van der Waals surface area contributed by atoms with Gasteiger partial charge in [0.2, 0.25) is 10.0 Å². The third-order valence-corrected chi connectivity index (χ3v) is 7.46. The number of hydrazine groups is 1. The van der Waals surface area contributed by atoms with Crippen LogP contribution in [0.15, 0.2) is 29.2 Å². The van der Waals surface area contributed by atoms with Crippen molar-refractivity contribution in [1.29, 1.82) is 0 Å². The van der Waals surface area contributed by atoms with E-state index in [4.69, 9.17) is 17.0 Å². The Bertz CT molecular complexity index is 815. The number of hydrogen-bond donors (Lipinski definition) is 3. The molecule has 0 aromatic heterocycles. The van der Waals surface area contributed by atoms with Gasteiger partial charge in [-0.3, -0.25) is 15.6 Å². The molecule has 1 aromatic carbocycles. The zero-order valence-electron chi connectivity index (χ0n) is 16.5. The number of benzene rings is 1. The highest BCUT2D eigenvalue weighted by Gasteiger charge is 2.28. The average Bonchev–Trinajstić information content (AvgIpc) is 3.24. The van der Waals surface area contributed by atoms with E-state index < -0.39 is 15.9 Å². The molecule has 2 fully saturated rings. The van der Waals surface area contributed by atoms with Crippen molar-refractivity contribution in [2.45, 2.75) is 43.6 Å². The van der Waals surface area contributed by atoms with Gasteiger partial charge in [-0.1, -0.05) is 6.92 Å². The summed E-state index contributed by atoms with van der Waals surface area (Å²) in [5, 5.41) is 3.29. The Morgan fingerprint density at radius 2 is 1.86 bits per heavy atom. The number of hydrogen-bond acceptors (Lipinski definition) is 5. The first-order valence-corrected chi connectivity index (χ1v) is 11.8. The van der Waals surface area contributed by atoms with Gasteiger partial charge in [-0.05, 0) is 68.1 Å². The highest BCUT2D eigenvalue weighted by atomic mass is 32.2. The maximum Gasteiger partial charge on any atom is 0.269 e. The molecule has 2 heterocycles. The summed E-state index contributed by atoms with van der Waals surface area (Å²) in [6.45, 7) is 4.56. The molecule has 0 bridgehead atoms. The molecule has 0 saturated carbocycles. The van der Waals surface area contributed by atoms with Crippen molar-refractivity contribution in [3.8, 4) is 0 Å². The third kappa shape index (κ3) is 5.88. The molecule has 29 heavy (non-hydrogen) atoms. The van der Waals surface area contributed by atoms with Gasteiger partial charge >= 0.3 is 0 Å². The lowest BCUT2D eigenvalue weighted by atomic mass is 10.0. The van der Waals surface area contributed by atoms with Gasteiger partial charge < -0.3 is 10.1 Å². The van der Waals surface area contributed by atoms with Crippen LogP contribution in [0, 0.1) is 5.92 Å². The van der Waals surface area contributed by atoms with Crippen LogP contribution in [-0.4, -0.2) is 56.1 Å². The summed E-state index contributed by atoms with van der Waals surface area (Å²) >= 11 is 5.13. The van der Waals surface area contributed by atoms with Crippen LogP contribution >= 0.6 is 12.2 Å². The molecule has 2 aliphatic heterocycles. The van der Waals surface area contributed by atoms with Crippen LogP contribution in [-0.2, 0) is 14.8 Å². The number of carbonyl (C=O) groups is 1. The highest BCUT2D eigenvalue weighted by molar-refractivity contribution is 7.89. The zero-order chi connectivity index (χ0) is 20.9. The Hall–Kier alpha value is -1.75. The Morgan fingerprint density at radius 1 is 1.17 bits per heavy atom. The quantitative estimate of drug-likeness (QED) is 0.470. The molecule has 160 valence electrons. The first-order valence-electron chi connectivity index (χ1n) is 9.92. The van der Waals surface area contributed by atoms with Crippen LogP contribution in [0.5, 0.6) is 0 Å². The molecule has 3 N–H and O–H groups in total. The first-order chi connectivity index (χ1) is 13.9. The molecule has 3 rings (SSSR count). The number of rotatable bonds is 5. The van der Waals surface area contributed by atoms with Crippen molar-refractivity contribution < 1.29 is 17.9 Å². The summed E-state index contributed by atoms with van der Waals surface area (Å²) in [5.41, 5.74) is 5.49. The summed E-state index contributed by atoms with van der Waals surface area (Å²) in [6.07, 6.45) is 3.92. The predicted octanol–water partition coefficient (Wildman–Crippen LogP) is 1.40. The van der Waals surface area contributed by atoms with Gasteiger partial charge in [0.25, 0.3) is 5.91 Å². The fourth-order valence-electron chi connectivity index (χ4n) is 3.39. The summed E-state index contributed by atoms with van der Waals surface area (Å²) in [4.78, 5) is 12.5. The van der Waals surface area contributed by atoms with Gasteiger partial charge in [-0.25, -0.2) is 8.42 Å². The number of thiocarbonyl (C=S) groups is 1. The fraction of sp³-hybridized carbons (Fsp3) is 0.579. The number of sulfonamides is 1. The molecular weight excluding hydrogens is 412 g/mol. The number of nitrogens with zero attached hydrogens (tertiary/aromatic N) is 1. The van der Waals surface area contributed by atoms with E-state index in [0.29, 0.717) is 36.2 Å². The molecule has 0 aliphatic carbocycles. The van der Waals surface area contributed by atoms with Crippen LogP contribution in [0.2, 0.25) is 0 Å². The van der Waals surface area contributed by atoms with E-state index >= 15 is 0 Å². The molecule has 2 saturated heterocycles. The van der Waals surface area contributed by atoms with E-state index in [2.05, 4.69) is 23.1 Å². The standard InChI is InChI=1S/C19H28N4O4S2/c1-14-8-10-23(11-9-14)29(25,26)17-6-4-15(5-7-17)18(24)21-22-19(28)20-13-16-3-2-12-27-16/h4-7,14,16H,2-3,8-13H2,1H3,(H,21,24)(H2,20,22,28)/t16-/m0/s1. The number of ether oxygens (including phenoxy) is 1. The summed E-state index contributed by atoms with van der Waals surface area (Å²) in [7, 11) is -3.53. The lowest BCUT2D eigenvalue weighted by Gasteiger charge is -2.29. The molecular formula is C19H28N4O4S2. The van der Waals surface area contributed by atoms with E-state index in [9.17, 15) is 13.2 Å². The minimum Gasteiger partial charge on any atom is -0.376 e. The number of amides is 1. The van der Waals surface area contributed by atoms with Gasteiger partial charge in [0.05, 0.1) is 11.0 Å². The van der Waals surface area contributed by atoms with E-state index in [1.54, 1.807) is 0 Å². The lowest BCUT2D eigenvalue weighted by Crippen LogP contribution is -2.48. The molecule has 0 unspecified atom stereocenters. The predicted molar refractivity (Wildman–Crippen MR) is 114 cm³/mol. The number of nitrogens with one attached hydrogen (secondary N) is 3. The van der Waals surface area contributed by atoms with Crippen molar-refractivity contribution in [2.24, 2.45) is 5.92 Å². The van der Waals surface area contributed by atoms with Crippen molar-refractivity contribution in [3.05, 3.63) is 29.8 Å². The lowest BCUT2D eigenvalue weighted by molar-refractivity contribution is 0.0943. The average molecular weight is 441 g/mol. The second-order valence-corrected chi connectivity index (χ2v) is 9.88. The van der Waals surface area contributed by atoms with E-state index in [1.807, 2.05) is 0 Å². The Balaban J connectivity index is 1.49.